The first-order valence-corrected chi connectivity index (χ1v) is 7.18. The van der Waals surface area contributed by atoms with Gasteiger partial charge in [0.05, 0.1) is 13.0 Å². The number of carbonyl (C=O) groups is 2. The normalized spacial score (nSPS) is 18.0. The molecule has 0 saturated carbocycles. The minimum atomic E-state index is -0.470. The molecule has 2 amide bonds. The minimum Gasteiger partial charge on any atom is -0.493 e. The van der Waals surface area contributed by atoms with Crippen LogP contribution in [0.25, 0.3) is 0 Å². The number of rotatable bonds is 6. The van der Waals surface area contributed by atoms with Gasteiger partial charge < -0.3 is 21.1 Å². The van der Waals surface area contributed by atoms with E-state index in [4.69, 9.17) is 10.5 Å². The smallest absolute Gasteiger partial charge is 0.248 e. The number of hydrogen-bond donors (Lipinski definition) is 3. The van der Waals surface area contributed by atoms with Crippen molar-refractivity contribution in [3.63, 3.8) is 0 Å². The van der Waals surface area contributed by atoms with Crippen LogP contribution in [0.2, 0.25) is 0 Å². The monoisotopic (exact) mass is 291 g/mol. The Morgan fingerprint density at radius 3 is 2.71 bits per heavy atom. The molecular formula is C15H21N3O3. The number of benzene rings is 1. The average Bonchev–Trinajstić information content (AvgIpc) is 2.49. The summed E-state index contributed by atoms with van der Waals surface area (Å²) in [6.45, 7) is 2.17. The van der Waals surface area contributed by atoms with Gasteiger partial charge in [-0.15, -0.1) is 0 Å². The summed E-state index contributed by atoms with van der Waals surface area (Å²) < 4.78 is 5.47. The highest BCUT2D eigenvalue weighted by molar-refractivity contribution is 5.92. The van der Waals surface area contributed by atoms with Gasteiger partial charge in [-0.1, -0.05) is 0 Å². The molecule has 1 heterocycles. The molecule has 1 fully saturated rings. The van der Waals surface area contributed by atoms with Crippen LogP contribution >= 0.6 is 0 Å². The first-order valence-electron chi connectivity index (χ1n) is 7.18. The van der Waals surface area contributed by atoms with E-state index >= 15 is 0 Å². The summed E-state index contributed by atoms with van der Waals surface area (Å²) in [6.07, 6.45) is 2.43. The molecule has 1 aliphatic heterocycles. The Morgan fingerprint density at radius 2 is 2.10 bits per heavy atom. The molecule has 2 rings (SSSR count). The zero-order valence-electron chi connectivity index (χ0n) is 11.9. The Kier molecular flexibility index (Phi) is 5.57. The summed E-state index contributed by atoms with van der Waals surface area (Å²) in [5.41, 5.74) is 5.59. The fraction of sp³-hybridized carbons (Fsp3) is 0.467. The van der Waals surface area contributed by atoms with Crippen LogP contribution in [0.15, 0.2) is 24.3 Å². The maximum atomic E-state index is 11.8. The summed E-state index contributed by atoms with van der Waals surface area (Å²) >= 11 is 0. The van der Waals surface area contributed by atoms with Crippen LogP contribution in [0.5, 0.6) is 5.75 Å². The van der Waals surface area contributed by atoms with Gasteiger partial charge >= 0.3 is 0 Å². The summed E-state index contributed by atoms with van der Waals surface area (Å²) in [5, 5.41) is 6.24. The fourth-order valence-electron chi connectivity index (χ4n) is 2.25. The number of hydrogen-bond acceptors (Lipinski definition) is 4. The summed E-state index contributed by atoms with van der Waals surface area (Å²) in [7, 11) is 0. The highest BCUT2D eigenvalue weighted by Crippen LogP contribution is 2.12. The molecule has 1 aromatic carbocycles. The van der Waals surface area contributed by atoms with E-state index in [0.717, 1.165) is 25.9 Å². The standard InChI is InChI=1S/C15H21N3O3/c16-15(20)11-3-5-13(6-4-11)21-9-7-14(19)18-12-2-1-8-17-10-12/h3-6,12,17H,1-2,7-10H2,(H2,16,20)(H,18,19). The molecule has 21 heavy (non-hydrogen) atoms. The van der Waals surface area contributed by atoms with Crippen molar-refractivity contribution < 1.29 is 14.3 Å². The molecular weight excluding hydrogens is 270 g/mol. The van der Waals surface area contributed by atoms with Crippen molar-refractivity contribution in [2.45, 2.75) is 25.3 Å². The average molecular weight is 291 g/mol. The molecule has 6 nitrogen and oxygen atoms in total. The van der Waals surface area contributed by atoms with E-state index in [1.807, 2.05) is 0 Å². The molecule has 0 bridgehead atoms. The predicted molar refractivity (Wildman–Crippen MR) is 79.1 cm³/mol. The maximum Gasteiger partial charge on any atom is 0.248 e. The number of nitrogens with two attached hydrogens (primary N) is 1. The number of carbonyl (C=O) groups excluding carboxylic acids is 2. The molecule has 0 aromatic heterocycles. The third-order valence-corrected chi connectivity index (χ3v) is 3.40. The number of primary amides is 1. The van der Waals surface area contributed by atoms with Gasteiger partial charge in [0.1, 0.15) is 5.75 Å². The SMILES string of the molecule is NC(=O)c1ccc(OCCC(=O)NC2CCCNC2)cc1. The van der Waals surface area contributed by atoms with E-state index < -0.39 is 5.91 Å². The summed E-state index contributed by atoms with van der Waals surface area (Å²) in [4.78, 5) is 22.7. The first-order chi connectivity index (χ1) is 10.1. The van der Waals surface area contributed by atoms with Gasteiger partial charge in [0.2, 0.25) is 11.8 Å². The molecule has 6 heteroatoms. The quantitative estimate of drug-likeness (QED) is 0.708. The second kappa shape index (κ2) is 7.64. The number of nitrogens with one attached hydrogen (secondary N) is 2. The molecule has 0 radical (unpaired) electrons. The summed E-state index contributed by atoms with van der Waals surface area (Å²) in [6, 6.07) is 6.77. The van der Waals surface area contributed by atoms with Gasteiger partial charge in [-0.05, 0) is 43.7 Å². The molecule has 0 aliphatic carbocycles. The van der Waals surface area contributed by atoms with Gasteiger partial charge in [0, 0.05) is 18.2 Å². The molecule has 1 atom stereocenters. The third-order valence-electron chi connectivity index (χ3n) is 3.40. The van der Waals surface area contributed by atoms with Crippen LogP contribution in [-0.2, 0) is 4.79 Å². The zero-order chi connectivity index (χ0) is 15.1. The fourth-order valence-corrected chi connectivity index (χ4v) is 2.25. The Balaban J connectivity index is 1.68. The van der Waals surface area contributed by atoms with Crippen LogP contribution in [0, 0.1) is 0 Å². The molecule has 1 aromatic rings. The highest BCUT2D eigenvalue weighted by Gasteiger charge is 2.14. The van der Waals surface area contributed by atoms with Crippen LogP contribution in [0.3, 0.4) is 0 Å². The largest absolute Gasteiger partial charge is 0.493 e. The van der Waals surface area contributed by atoms with Crippen LogP contribution in [0.1, 0.15) is 29.6 Å². The Morgan fingerprint density at radius 1 is 1.33 bits per heavy atom. The Bertz CT molecular complexity index is 481. The van der Waals surface area contributed by atoms with Gasteiger partial charge in [-0.3, -0.25) is 9.59 Å². The zero-order valence-corrected chi connectivity index (χ0v) is 11.9. The van der Waals surface area contributed by atoms with Crippen molar-refractivity contribution in [2.24, 2.45) is 5.73 Å². The van der Waals surface area contributed by atoms with Gasteiger partial charge in [0.25, 0.3) is 0 Å². The Labute approximate surface area is 124 Å². The minimum absolute atomic E-state index is 0.00236. The lowest BCUT2D eigenvalue weighted by molar-refractivity contribution is -0.122. The molecule has 0 spiro atoms. The number of ether oxygens (including phenoxy) is 1. The first kappa shape index (κ1) is 15.3. The van der Waals surface area contributed by atoms with Crippen molar-refractivity contribution >= 4 is 11.8 Å². The van der Waals surface area contributed by atoms with Crippen molar-refractivity contribution in [1.29, 1.82) is 0 Å². The van der Waals surface area contributed by atoms with E-state index in [-0.39, 0.29) is 11.9 Å². The summed E-state index contributed by atoms with van der Waals surface area (Å²) in [5.74, 6) is 0.145. The topological polar surface area (TPSA) is 93.5 Å². The predicted octanol–water partition coefficient (Wildman–Crippen LogP) is 0.423. The van der Waals surface area contributed by atoms with Gasteiger partial charge in [-0.25, -0.2) is 0 Å². The van der Waals surface area contributed by atoms with Crippen LogP contribution < -0.4 is 21.1 Å². The van der Waals surface area contributed by atoms with Crippen molar-refractivity contribution in [3.8, 4) is 5.75 Å². The van der Waals surface area contributed by atoms with Crippen LogP contribution in [0.4, 0.5) is 0 Å². The number of amides is 2. The van der Waals surface area contributed by atoms with E-state index in [1.54, 1.807) is 24.3 Å². The van der Waals surface area contributed by atoms with Crippen LogP contribution in [-0.4, -0.2) is 37.6 Å². The third kappa shape index (κ3) is 5.07. The van der Waals surface area contributed by atoms with Crippen molar-refractivity contribution in [2.75, 3.05) is 19.7 Å². The second-order valence-corrected chi connectivity index (χ2v) is 5.10. The van der Waals surface area contributed by atoms with E-state index in [0.29, 0.717) is 24.3 Å². The maximum absolute atomic E-state index is 11.8. The molecule has 1 unspecified atom stereocenters. The molecule has 1 saturated heterocycles. The van der Waals surface area contributed by atoms with Crippen molar-refractivity contribution in [3.05, 3.63) is 29.8 Å². The lowest BCUT2D eigenvalue weighted by Crippen LogP contribution is -2.45. The van der Waals surface area contributed by atoms with E-state index in [1.165, 1.54) is 0 Å². The highest BCUT2D eigenvalue weighted by atomic mass is 16.5. The van der Waals surface area contributed by atoms with Gasteiger partial charge in [-0.2, -0.15) is 0 Å². The molecule has 1 aliphatic rings. The molecule has 114 valence electrons. The van der Waals surface area contributed by atoms with Gasteiger partial charge in [0.15, 0.2) is 0 Å². The van der Waals surface area contributed by atoms with Crippen molar-refractivity contribution in [1.82, 2.24) is 10.6 Å². The Hall–Kier alpha value is -2.08. The second-order valence-electron chi connectivity index (χ2n) is 5.10. The lowest BCUT2D eigenvalue weighted by atomic mass is 10.1. The number of piperidine rings is 1. The van der Waals surface area contributed by atoms with E-state index in [2.05, 4.69) is 10.6 Å². The van der Waals surface area contributed by atoms with E-state index in [9.17, 15) is 9.59 Å². The molecule has 4 N–H and O–H groups in total. The lowest BCUT2D eigenvalue weighted by Gasteiger charge is -2.23.